The van der Waals surface area contributed by atoms with Crippen LogP contribution in [0, 0.1) is 0 Å². The summed E-state index contributed by atoms with van der Waals surface area (Å²) in [5.74, 6) is 1.50. The predicted molar refractivity (Wildman–Crippen MR) is 60.3 cm³/mol. The van der Waals surface area contributed by atoms with Gasteiger partial charge in [0.1, 0.15) is 16.5 Å². The highest BCUT2D eigenvalue weighted by Gasteiger charge is 2.08. The van der Waals surface area contributed by atoms with Gasteiger partial charge in [0.2, 0.25) is 0 Å². The Morgan fingerprint density at radius 1 is 1.29 bits per heavy atom. The maximum Gasteiger partial charge on any atom is 0.129 e. The molecule has 0 fully saturated rings. The number of ether oxygens (including phenoxy) is 2. The third-order valence-electron chi connectivity index (χ3n) is 1.88. The molecular weight excluding hydrogens is 198 g/mol. The van der Waals surface area contributed by atoms with E-state index in [2.05, 4.69) is 5.32 Å². The molecule has 3 nitrogen and oxygen atoms in total. The van der Waals surface area contributed by atoms with Crippen molar-refractivity contribution >= 4 is 17.2 Å². The third kappa shape index (κ3) is 2.14. The monoisotopic (exact) mass is 211 g/mol. The maximum absolute atomic E-state index is 5.18. The van der Waals surface area contributed by atoms with Crippen LogP contribution in [-0.2, 0) is 0 Å². The number of thiocarbonyl (C=S) groups is 1. The average Bonchev–Trinajstić information content (AvgIpc) is 2.27. The van der Waals surface area contributed by atoms with Crippen LogP contribution in [0.15, 0.2) is 18.2 Å². The topological polar surface area (TPSA) is 30.5 Å². The molecule has 4 heteroatoms. The molecule has 0 unspecified atom stereocenters. The fourth-order valence-corrected chi connectivity index (χ4v) is 1.29. The molecule has 1 aromatic carbocycles. The van der Waals surface area contributed by atoms with E-state index in [9.17, 15) is 0 Å². The Morgan fingerprint density at radius 2 is 2.00 bits per heavy atom. The summed E-state index contributed by atoms with van der Waals surface area (Å²) in [6, 6.07) is 5.51. The molecular formula is C10H13NO2S. The van der Waals surface area contributed by atoms with Gasteiger partial charge >= 0.3 is 0 Å². The van der Waals surface area contributed by atoms with Crippen molar-refractivity contribution in [1.82, 2.24) is 5.32 Å². The summed E-state index contributed by atoms with van der Waals surface area (Å²) in [7, 11) is 5.01. The smallest absolute Gasteiger partial charge is 0.129 e. The molecule has 0 saturated heterocycles. The second-order valence-electron chi connectivity index (χ2n) is 2.65. The van der Waals surface area contributed by atoms with Crippen LogP contribution in [0.2, 0.25) is 0 Å². The molecule has 0 aliphatic rings. The highest BCUT2D eigenvalue weighted by Crippen LogP contribution is 2.23. The first-order valence-corrected chi connectivity index (χ1v) is 4.58. The fraction of sp³-hybridized carbons (Fsp3) is 0.300. The number of methoxy groups -OCH3 is 2. The Hall–Kier alpha value is -1.29. The highest BCUT2D eigenvalue weighted by molar-refractivity contribution is 7.80. The minimum Gasteiger partial charge on any atom is -0.497 e. The van der Waals surface area contributed by atoms with Crippen molar-refractivity contribution in [3.8, 4) is 11.5 Å². The molecule has 14 heavy (non-hydrogen) atoms. The standard InChI is InChI=1S/C10H13NO2S/c1-11-10(14)8-6-7(12-2)4-5-9(8)13-3/h4-6H,1-3H3,(H,11,14). The van der Waals surface area contributed by atoms with Crippen molar-refractivity contribution in [2.75, 3.05) is 21.3 Å². The lowest BCUT2D eigenvalue weighted by molar-refractivity contribution is 0.402. The van der Waals surface area contributed by atoms with E-state index in [0.717, 1.165) is 17.1 Å². The predicted octanol–water partition coefficient (Wildman–Crippen LogP) is 1.60. The van der Waals surface area contributed by atoms with E-state index in [1.54, 1.807) is 21.3 Å². The Morgan fingerprint density at radius 3 is 2.50 bits per heavy atom. The van der Waals surface area contributed by atoms with E-state index in [-0.39, 0.29) is 0 Å². The lowest BCUT2D eigenvalue weighted by Gasteiger charge is -2.10. The van der Waals surface area contributed by atoms with Crippen LogP contribution < -0.4 is 14.8 Å². The van der Waals surface area contributed by atoms with Crippen molar-refractivity contribution in [3.05, 3.63) is 23.8 Å². The minimum atomic E-state index is 0.640. The quantitative estimate of drug-likeness (QED) is 0.769. The van der Waals surface area contributed by atoms with Crippen LogP contribution in [0.1, 0.15) is 5.56 Å². The molecule has 0 aromatic heterocycles. The molecule has 76 valence electrons. The Kier molecular flexibility index (Phi) is 3.71. The molecule has 0 aliphatic heterocycles. The summed E-state index contributed by atoms with van der Waals surface area (Å²) >= 11 is 5.14. The van der Waals surface area contributed by atoms with Crippen LogP contribution in [0.3, 0.4) is 0 Å². The van der Waals surface area contributed by atoms with Gasteiger partial charge in [0.15, 0.2) is 0 Å². The average molecular weight is 211 g/mol. The van der Waals surface area contributed by atoms with Gasteiger partial charge < -0.3 is 14.8 Å². The van der Waals surface area contributed by atoms with Gasteiger partial charge in [-0.15, -0.1) is 0 Å². The fourth-order valence-electron chi connectivity index (χ4n) is 1.13. The van der Waals surface area contributed by atoms with E-state index in [1.807, 2.05) is 18.2 Å². The Labute approximate surface area is 89.0 Å². The van der Waals surface area contributed by atoms with Gasteiger partial charge in [-0.3, -0.25) is 0 Å². The van der Waals surface area contributed by atoms with E-state index in [0.29, 0.717) is 4.99 Å². The van der Waals surface area contributed by atoms with Crippen LogP contribution >= 0.6 is 12.2 Å². The zero-order valence-corrected chi connectivity index (χ0v) is 9.27. The van der Waals surface area contributed by atoms with Crippen molar-refractivity contribution in [3.63, 3.8) is 0 Å². The summed E-state index contributed by atoms with van der Waals surface area (Å²) in [6.07, 6.45) is 0. The highest BCUT2D eigenvalue weighted by atomic mass is 32.1. The molecule has 0 bridgehead atoms. The van der Waals surface area contributed by atoms with E-state index < -0.39 is 0 Å². The van der Waals surface area contributed by atoms with Gasteiger partial charge in [0.25, 0.3) is 0 Å². The number of nitrogens with one attached hydrogen (secondary N) is 1. The molecule has 1 aromatic rings. The van der Waals surface area contributed by atoms with Gasteiger partial charge in [0.05, 0.1) is 19.8 Å². The second-order valence-corrected chi connectivity index (χ2v) is 3.05. The summed E-state index contributed by atoms with van der Waals surface area (Å²) in [5.41, 5.74) is 0.837. The third-order valence-corrected chi connectivity index (χ3v) is 2.30. The minimum absolute atomic E-state index is 0.640. The lowest BCUT2D eigenvalue weighted by Crippen LogP contribution is -2.17. The normalized spacial score (nSPS) is 9.36. The summed E-state index contributed by atoms with van der Waals surface area (Å²) in [4.78, 5) is 0.640. The summed E-state index contributed by atoms with van der Waals surface area (Å²) < 4.78 is 10.3. The van der Waals surface area contributed by atoms with Gasteiger partial charge in [0, 0.05) is 7.05 Å². The summed E-state index contributed by atoms with van der Waals surface area (Å²) in [6.45, 7) is 0. The van der Waals surface area contributed by atoms with Crippen molar-refractivity contribution in [1.29, 1.82) is 0 Å². The molecule has 0 atom stereocenters. The lowest BCUT2D eigenvalue weighted by atomic mass is 10.2. The Bertz CT molecular complexity index is 339. The van der Waals surface area contributed by atoms with Gasteiger partial charge in [-0.1, -0.05) is 12.2 Å². The largest absolute Gasteiger partial charge is 0.497 e. The van der Waals surface area contributed by atoms with E-state index in [4.69, 9.17) is 21.7 Å². The van der Waals surface area contributed by atoms with E-state index >= 15 is 0 Å². The number of hydrogen-bond donors (Lipinski definition) is 1. The molecule has 0 radical (unpaired) electrons. The number of benzene rings is 1. The number of rotatable bonds is 3. The van der Waals surface area contributed by atoms with Crippen molar-refractivity contribution in [2.24, 2.45) is 0 Å². The SMILES string of the molecule is CNC(=S)c1cc(OC)ccc1OC. The second kappa shape index (κ2) is 4.81. The van der Waals surface area contributed by atoms with Gasteiger partial charge in [-0.05, 0) is 18.2 Å². The van der Waals surface area contributed by atoms with Gasteiger partial charge in [-0.25, -0.2) is 0 Å². The molecule has 0 aliphatic carbocycles. The zero-order chi connectivity index (χ0) is 10.6. The zero-order valence-electron chi connectivity index (χ0n) is 8.46. The molecule has 1 rings (SSSR count). The van der Waals surface area contributed by atoms with Gasteiger partial charge in [-0.2, -0.15) is 0 Å². The first kappa shape index (κ1) is 10.8. The van der Waals surface area contributed by atoms with Crippen LogP contribution in [0.25, 0.3) is 0 Å². The Balaban J connectivity index is 3.14. The number of hydrogen-bond acceptors (Lipinski definition) is 3. The van der Waals surface area contributed by atoms with E-state index in [1.165, 1.54) is 0 Å². The van der Waals surface area contributed by atoms with Crippen LogP contribution in [0.4, 0.5) is 0 Å². The first-order valence-electron chi connectivity index (χ1n) is 4.17. The molecule has 1 N–H and O–H groups in total. The molecule has 0 heterocycles. The molecule has 0 saturated carbocycles. The first-order chi connectivity index (χ1) is 6.72. The molecule has 0 spiro atoms. The maximum atomic E-state index is 5.18. The van der Waals surface area contributed by atoms with Crippen molar-refractivity contribution < 1.29 is 9.47 Å². The van der Waals surface area contributed by atoms with Crippen LogP contribution in [0.5, 0.6) is 11.5 Å². The van der Waals surface area contributed by atoms with Crippen molar-refractivity contribution in [2.45, 2.75) is 0 Å². The molecule has 0 amide bonds. The summed E-state index contributed by atoms with van der Waals surface area (Å²) in [5, 5.41) is 2.90. The van der Waals surface area contributed by atoms with Crippen LogP contribution in [-0.4, -0.2) is 26.3 Å².